The highest BCUT2D eigenvalue weighted by molar-refractivity contribution is 5.97. The molecule has 3 aromatic carbocycles. The van der Waals surface area contributed by atoms with Gasteiger partial charge in [-0.05, 0) is 85.6 Å². The third kappa shape index (κ3) is 6.78. The number of ether oxygens (including phenoxy) is 1. The van der Waals surface area contributed by atoms with Gasteiger partial charge < -0.3 is 25.6 Å². The van der Waals surface area contributed by atoms with E-state index in [2.05, 4.69) is 5.32 Å². The van der Waals surface area contributed by atoms with Crippen LogP contribution in [0.2, 0.25) is 0 Å². The number of amides is 2. The van der Waals surface area contributed by atoms with Crippen LogP contribution in [-0.4, -0.2) is 73.5 Å². The lowest BCUT2D eigenvalue weighted by molar-refractivity contribution is 0.0535. The molecule has 0 saturated carbocycles. The van der Waals surface area contributed by atoms with Crippen molar-refractivity contribution < 1.29 is 23.1 Å². The Morgan fingerprint density at radius 3 is 2.17 bits per heavy atom. The molecule has 2 aliphatic heterocycles. The molecule has 0 aliphatic carbocycles. The molecule has 0 aromatic heterocycles. The van der Waals surface area contributed by atoms with Gasteiger partial charge in [-0.25, -0.2) is 8.78 Å². The van der Waals surface area contributed by atoms with E-state index in [9.17, 15) is 18.4 Å². The summed E-state index contributed by atoms with van der Waals surface area (Å²) >= 11 is 0. The van der Waals surface area contributed by atoms with Crippen LogP contribution in [0.1, 0.15) is 32.7 Å². The molecule has 40 heavy (non-hydrogen) atoms. The lowest BCUT2D eigenvalue weighted by Gasteiger charge is -2.35. The summed E-state index contributed by atoms with van der Waals surface area (Å²) in [5.74, 6) is -0.579. The van der Waals surface area contributed by atoms with Gasteiger partial charge in [0, 0.05) is 49.4 Å². The van der Waals surface area contributed by atoms with E-state index in [-0.39, 0.29) is 41.7 Å². The van der Waals surface area contributed by atoms with Gasteiger partial charge in [0.05, 0.1) is 0 Å². The number of benzene rings is 3. The van der Waals surface area contributed by atoms with E-state index in [0.29, 0.717) is 56.0 Å². The molecule has 5 rings (SSSR count). The van der Waals surface area contributed by atoms with Crippen LogP contribution in [0, 0.1) is 11.6 Å². The third-order valence-electron chi connectivity index (χ3n) is 7.18. The van der Waals surface area contributed by atoms with E-state index in [4.69, 9.17) is 10.5 Å². The van der Waals surface area contributed by atoms with E-state index < -0.39 is 5.82 Å². The van der Waals surface area contributed by atoms with Gasteiger partial charge in [-0.15, -0.1) is 12.4 Å². The first-order chi connectivity index (χ1) is 18.9. The predicted octanol–water partition coefficient (Wildman–Crippen LogP) is 3.89. The maximum atomic E-state index is 14.1. The van der Waals surface area contributed by atoms with Crippen molar-refractivity contribution in [2.24, 2.45) is 5.73 Å². The van der Waals surface area contributed by atoms with E-state index in [1.54, 1.807) is 46.2 Å². The van der Waals surface area contributed by atoms with Crippen molar-refractivity contribution in [3.8, 4) is 16.9 Å². The Kier molecular flexibility index (Phi) is 9.73. The molecule has 0 radical (unpaired) electrons. The second-order valence-corrected chi connectivity index (χ2v) is 9.92. The average Bonchev–Trinajstić information content (AvgIpc) is 3.46. The summed E-state index contributed by atoms with van der Waals surface area (Å²) < 4.78 is 33.9. The molecule has 7 nitrogen and oxygen atoms in total. The molecular weight excluding hydrogens is 538 g/mol. The van der Waals surface area contributed by atoms with Gasteiger partial charge in [0.25, 0.3) is 11.8 Å². The number of hydrogen-bond donors (Lipinski definition) is 2. The Bertz CT molecular complexity index is 1340. The normalized spacial score (nSPS) is 16.9. The van der Waals surface area contributed by atoms with Gasteiger partial charge in [-0.2, -0.15) is 0 Å². The highest BCUT2D eigenvalue weighted by Crippen LogP contribution is 2.33. The van der Waals surface area contributed by atoms with Crippen LogP contribution in [-0.2, 0) is 6.42 Å². The SMILES string of the molecule is Cl.NCCc1cc(F)cc(C(=O)N2CCN(C(=O)c3ccc(OC4CCNC4)c(-c4ccc(F)cc4)c3)CC2)c1. The molecule has 1 atom stereocenters. The van der Waals surface area contributed by atoms with Crippen LogP contribution in [0.15, 0.2) is 60.7 Å². The molecule has 3 aromatic rings. The zero-order valence-corrected chi connectivity index (χ0v) is 22.9. The maximum absolute atomic E-state index is 14.1. The van der Waals surface area contributed by atoms with Crippen molar-refractivity contribution in [3.05, 3.63) is 89.0 Å². The Morgan fingerprint density at radius 2 is 1.55 bits per heavy atom. The van der Waals surface area contributed by atoms with Crippen molar-refractivity contribution in [3.63, 3.8) is 0 Å². The van der Waals surface area contributed by atoms with Gasteiger partial charge in [-0.1, -0.05) is 12.1 Å². The fourth-order valence-corrected chi connectivity index (χ4v) is 5.09. The number of carbonyl (C=O) groups excluding carboxylic acids is 2. The van der Waals surface area contributed by atoms with Gasteiger partial charge in [0.2, 0.25) is 0 Å². The summed E-state index contributed by atoms with van der Waals surface area (Å²) in [6, 6.07) is 15.8. The molecule has 0 spiro atoms. The standard InChI is InChI=1S/C30H32F2N4O3.ClH/c31-24-4-1-21(2-5-24)27-18-22(3-6-28(27)39-26-8-10-34-19-26)29(37)35-11-13-36(14-12-35)30(38)23-15-20(7-9-33)16-25(32)17-23;/h1-6,15-18,26,34H,7-14,19,33H2;1H. The molecule has 2 aliphatic rings. The lowest BCUT2D eigenvalue weighted by Crippen LogP contribution is -2.50. The molecule has 212 valence electrons. The smallest absolute Gasteiger partial charge is 0.254 e. The summed E-state index contributed by atoms with van der Waals surface area (Å²) in [5, 5.41) is 3.28. The molecule has 2 amide bonds. The number of halogens is 3. The Hall–Kier alpha value is -3.53. The van der Waals surface area contributed by atoms with Gasteiger partial charge >= 0.3 is 0 Å². The van der Waals surface area contributed by atoms with Crippen molar-refractivity contribution in [2.75, 3.05) is 45.8 Å². The number of piperazine rings is 1. The van der Waals surface area contributed by atoms with Crippen LogP contribution in [0.4, 0.5) is 8.78 Å². The molecule has 3 N–H and O–H groups in total. The van der Waals surface area contributed by atoms with Crippen LogP contribution in [0.5, 0.6) is 5.75 Å². The van der Waals surface area contributed by atoms with E-state index in [1.165, 1.54) is 24.3 Å². The minimum atomic E-state index is -0.466. The first kappa shape index (κ1) is 29.5. The quantitative estimate of drug-likeness (QED) is 0.450. The molecule has 1 unspecified atom stereocenters. The molecule has 2 saturated heterocycles. The average molecular weight is 571 g/mol. The topological polar surface area (TPSA) is 87.9 Å². The number of hydrogen-bond acceptors (Lipinski definition) is 5. The summed E-state index contributed by atoms with van der Waals surface area (Å²) in [5.41, 5.74) is 8.52. The van der Waals surface area contributed by atoms with Crippen LogP contribution in [0.3, 0.4) is 0 Å². The minimum absolute atomic E-state index is 0. The second kappa shape index (κ2) is 13.2. The van der Waals surface area contributed by atoms with E-state index in [1.807, 2.05) is 0 Å². The highest BCUT2D eigenvalue weighted by Gasteiger charge is 2.27. The minimum Gasteiger partial charge on any atom is -0.488 e. The maximum Gasteiger partial charge on any atom is 0.254 e. The molecule has 2 fully saturated rings. The van der Waals surface area contributed by atoms with Gasteiger partial charge in [0.15, 0.2) is 0 Å². The van der Waals surface area contributed by atoms with E-state index in [0.717, 1.165) is 30.6 Å². The molecule has 0 bridgehead atoms. The molecule has 2 heterocycles. The zero-order valence-electron chi connectivity index (χ0n) is 22.1. The number of carbonyl (C=O) groups is 2. The Morgan fingerprint density at radius 1 is 0.875 bits per heavy atom. The summed E-state index contributed by atoms with van der Waals surface area (Å²) in [7, 11) is 0. The van der Waals surface area contributed by atoms with Gasteiger partial charge in [-0.3, -0.25) is 9.59 Å². The number of nitrogens with zero attached hydrogens (tertiary/aromatic N) is 2. The fraction of sp³-hybridized carbons (Fsp3) is 0.333. The molecule has 10 heteroatoms. The van der Waals surface area contributed by atoms with Crippen molar-refractivity contribution >= 4 is 24.2 Å². The number of nitrogens with one attached hydrogen (secondary N) is 1. The zero-order chi connectivity index (χ0) is 27.4. The monoisotopic (exact) mass is 570 g/mol. The second-order valence-electron chi connectivity index (χ2n) is 9.92. The van der Waals surface area contributed by atoms with Crippen LogP contribution in [0.25, 0.3) is 11.1 Å². The largest absolute Gasteiger partial charge is 0.488 e. The van der Waals surface area contributed by atoms with Crippen molar-refractivity contribution in [1.82, 2.24) is 15.1 Å². The number of rotatable bonds is 7. The Balaban J connectivity index is 0.00000370. The third-order valence-corrected chi connectivity index (χ3v) is 7.18. The summed E-state index contributed by atoms with van der Waals surface area (Å²) in [4.78, 5) is 29.8. The number of nitrogens with two attached hydrogens (primary N) is 1. The van der Waals surface area contributed by atoms with Crippen molar-refractivity contribution in [1.29, 1.82) is 0 Å². The van der Waals surface area contributed by atoms with Gasteiger partial charge in [0.1, 0.15) is 23.5 Å². The fourth-order valence-electron chi connectivity index (χ4n) is 5.09. The Labute approximate surface area is 238 Å². The van der Waals surface area contributed by atoms with E-state index >= 15 is 0 Å². The van der Waals surface area contributed by atoms with Crippen LogP contribution < -0.4 is 15.8 Å². The summed E-state index contributed by atoms with van der Waals surface area (Å²) in [6.07, 6.45) is 1.40. The highest BCUT2D eigenvalue weighted by atomic mass is 35.5. The lowest BCUT2D eigenvalue weighted by atomic mass is 10.0. The molecular formula is C30H33ClF2N4O3. The summed E-state index contributed by atoms with van der Waals surface area (Å²) in [6.45, 7) is 3.39. The van der Waals surface area contributed by atoms with Crippen molar-refractivity contribution in [2.45, 2.75) is 18.9 Å². The van der Waals surface area contributed by atoms with Crippen LogP contribution >= 0.6 is 12.4 Å². The first-order valence-electron chi connectivity index (χ1n) is 13.3. The predicted molar refractivity (Wildman–Crippen MR) is 152 cm³/mol. The first-order valence-corrected chi connectivity index (χ1v) is 13.3.